The second-order valence-corrected chi connectivity index (χ2v) is 3.01. The normalized spacial score (nSPS) is 27.6. The van der Waals surface area contributed by atoms with Crippen LogP contribution in [-0.4, -0.2) is 52.9 Å². The number of carboxylic acid groups (broad SMARTS) is 2. The fourth-order valence-corrected chi connectivity index (χ4v) is 1.49. The molecule has 6 heteroatoms. The number of nitrogens with zero attached hydrogens (tertiary/aromatic N) is 1. The molecule has 1 saturated heterocycles. The van der Waals surface area contributed by atoms with Crippen molar-refractivity contribution < 1.29 is 19.8 Å². The zero-order valence-electron chi connectivity index (χ0n) is 7.23. The first kappa shape index (κ1) is 9.79. The Balaban J connectivity index is 2.71. The van der Waals surface area contributed by atoms with Gasteiger partial charge in [-0.3, -0.25) is 4.90 Å². The summed E-state index contributed by atoms with van der Waals surface area (Å²) in [7, 11) is 1.69. The first-order chi connectivity index (χ1) is 6.06. The second kappa shape index (κ2) is 3.61. The van der Waals surface area contributed by atoms with Gasteiger partial charge in [-0.25, -0.2) is 9.59 Å². The molecule has 0 saturated carbocycles. The number of carboxylic acids is 1. The Labute approximate surface area is 75.1 Å². The molecule has 13 heavy (non-hydrogen) atoms. The average Bonchev–Trinajstić information content (AvgIpc) is 2.47. The minimum atomic E-state index is -1.18. The molecule has 1 aliphatic heterocycles. The van der Waals surface area contributed by atoms with E-state index in [1.54, 1.807) is 7.05 Å². The average molecular weight is 188 g/mol. The largest absolute Gasteiger partial charge is 0.480 e. The smallest absolute Gasteiger partial charge is 0.408 e. The van der Waals surface area contributed by atoms with E-state index in [1.165, 1.54) is 0 Å². The van der Waals surface area contributed by atoms with Crippen molar-refractivity contribution in [2.75, 3.05) is 13.6 Å². The summed E-state index contributed by atoms with van der Waals surface area (Å²) in [6, 6.07) is -0.966. The van der Waals surface area contributed by atoms with Crippen molar-refractivity contribution in [2.24, 2.45) is 0 Å². The molecular weight excluding hydrogens is 176 g/mol. The molecule has 0 radical (unpaired) electrons. The van der Waals surface area contributed by atoms with Crippen LogP contribution in [0.3, 0.4) is 0 Å². The van der Waals surface area contributed by atoms with Gasteiger partial charge in [-0.1, -0.05) is 0 Å². The van der Waals surface area contributed by atoms with Gasteiger partial charge in [0.25, 0.3) is 0 Å². The number of likely N-dealkylation sites (N-methyl/N-ethyl adjacent to an activating group) is 1. The minimum absolute atomic E-state index is 0.0581. The molecule has 3 N–H and O–H groups in total. The van der Waals surface area contributed by atoms with Gasteiger partial charge in [0.1, 0.15) is 6.04 Å². The van der Waals surface area contributed by atoms with Crippen LogP contribution in [0.25, 0.3) is 0 Å². The van der Waals surface area contributed by atoms with Gasteiger partial charge in [-0.2, -0.15) is 0 Å². The van der Waals surface area contributed by atoms with E-state index in [-0.39, 0.29) is 12.6 Å². The number of carbonyl (C=O) groups is 2. The summed E-state index contributed by atoms with van der Waals surface area (Å²) in [4.78, 5) is 22.2. The van der Waals surface area contributed by atoms with Gasteiger partial charge in [0, 0.05) is 12.6 Å². The Kier molecular flexibility index (Phi) is 2.72. The van der Waals surface area contributed by atoms with Gasteiger partial charge in [-0.15, -0.1) is 0 Å². The van der Waals surface area contributed by atoms with E-state index in [4.69, 9.17) is 10.2 Å². The molecule has 1 fully saturated rings. The molecule has 74 valence electrons. The van der Waals surface area contributed by atoms with Crippen LogP contribution in [0, 0.1) is 0 Å². The number of amides is 1. The SMILES string of the molecule is CN[C@H]1C[C@@H](C(=O)O)N(C(=O)O)C1. The zero-order valence-corrected chi connectivity index (χ0v) is 7.23. The van der Waals surface area contributed by atoms with Crippen LogP contribution < -0.4 is 5.32 Å². The summed E-state index contributed by atoms with van der Waals surface area (Å²) in [6.07, 6.45) is -0.844. The van der Waals surface area contributed by atoms with Crippen molar-refractivity contribution in [3.05, 3.63) is 0 Å². The van der Waals surface area contributed by atoms with Gasteiger partial charge in [0.05, 0.1) is 0 Å². The highest BCUT2D eigenvalue weighted by atomic mass is 16.4. The Morgan fingerprint density at radius 2 is 2.08 bits per heavy atom. The highest BCUT2D eigenvalue weighted by Crippen LogP contribution is 2.17. The summed E-state index contributed by atoms with van der Waals surface area (Å²) >= 11 is 0. The molecule has 0 aliphatic carbocycles. The quantitative estimate of drug-likeness (QED) is 0.539. The van der Waals surface area contributed by atoms with Crippen LogP contribution in [0.1, 0.15) is 6.42 Å². The molecule has 0 aromatic rings. The first-order valence-corrected chi connectivity index (χ1v) is 3.96. The fourth-order valence-electron chi connectivity index (χ4n) is 1.49. The lowest BCUT2D eigenvalue weighted by Gasteiger charge is -2.16. The predicted molar refractivity (Wildman–Crippen MR) is 43.6 cm³/mol. The third kappa shape index (κ3) is 1.89. The molecule has 1 aliphatic rings. The van der Waals surface area contributed by atoms with Crippen molar-refractivity contribution in [1.29, 1.82) is 0 Å². The van der Waals surface area contributed by atoms with Crippen molar-refractivity contribution in [1.82, 2.24) is 10.2 Å². The van der Waals surface area contributed by atoms with E-state index in [9.17, 15) is 9.59 Å². The Hall–Kier alpha value is -1.30. The van der Waals surface area contributed by atoms with E-state index < -0.39 is 18.1 Å². The number of aliphatic carboxylic acids is 1. The van der Waals surface area contributed by atoms with Crippen LogP contribution in [0.15, 0.2) is 0 Å². The van der Waals surface area contributed by atoms with Crippen LogP contribution in [0.2, 0.25) is 0 Å². The maximum absolute atomic E-state index is 10.6. The molecule has 0 aromatic heterocycles. The molecule has 1 amide bonds. The molecule has 1 rings (SSSR count). The number of rotatable bonds is 2. The number of nitrogens with one attached hydrogen (secondary N) is 1. The van der Waals surface area contributed by atoms with Crippen LogP contribution in [-0.2, 0) is 4.79 Å². The Bertz CT molecular complexity index is 209. The highest BCUT2D eigenvalue weighted by molar-refractivity contribution is 5.80. The van der Waals surface area contributed by atoms with Crippen molar-refractivity contribution in [3.63, 3.8) is 0 Å². The minimum Gasteiger partial charge on any atom is -0.480 e. The van der Waals surface area contributed by atoms with E-state index in [2.05, 4.69) is 5.32 Å². The van der Waals surface area contributed by atoms with Crippen molar-refractivity contribution >= 4 is 12.1 Å². The first-order valence-electron chi connectivity index (χ1n) is 3.96. The summed E-state index contributed by atoms with van der Waals surface area (Å²) in [5, 5.41) is 20.3. The third-order valence-electron chi connectivity index (χ3n) is 2.24. The van der Waals surface area contributed by atoms with Gasteiger partial charge in [-0.05, 0) is 13.5 Å². The van der Waals surface area contributed by atoms with Gasteiger partial charge in [0.2, 0.25) is 0 Å². The molecule has 0 unspecified atom stereocenters. The van der Waals surface area contributed by atoms with Crippen LogP contribution >= 0.6 is 0 Å². The van der Waals surface area contributed by atoms with Crippen LogP contribution in [0.4, 0.5) is 4.79 Å². The van der Waals surface area contributed by atoms with E-state index in [0.29, 0.717) is 6.42 Å². The number of hydrogen-bond donors (Lipinski definition) is 3. The maximum atomic E-state index is 10.6. The van der Waals surface area contributed by atoms with E-state index >= 15 is 0 Å². The highest BCUT2D eigenvalue weighted by Gasteiger charge is 2.38. The topological polar surface area (TPSA) is 89.9 Å². The van der Waals surface area contributed by atoms with Gasteiger partial charge < -0.3 is 15.5 Å². The Morgan fingerprint density at radius 1 is 1.46 bits per heavy atom. The fraction of sp³-hybridized carbons (Fsp3) is 0.714. The second-order valence-electron chi connectivity index (χ2n) is 3.01. The summed E-state index contributed by atoms with van der Waals surface area (Å²) in [6.45, 7) is 0.239. The van der Waals surface area contributed by atoms with Gasteiger partial charge in [0.15, 0.2) is 0 Å². The molecule has 1 heterocycles. The molecule has 0 spiro atoms. The monoisotopic (exact) mass is 188 g/mol. The summed E-state index contributed by atoms with van der Waals surface area (Å²) < 4.78 is 0. The Morgan fingerprint density at radius 3 is 2.38 bits per heavy atom. The van der Waals surface area contributed by atoms with Crippen molar-refractivity contribution in [3.8, 4) is 0 Å². The lowest BCUT2D eigenvalue weighted by atomic mass is 10.2. The van der Waals surface area contributed by atoms with Gasteiger partial charge >= 0.3 is 12.1 Å². The third-order valence-corrected chi connectivity index (χ3v) is 2.24. The summed E-state index contributed by atoms with van der Waals surface area (Å²) in [5.41, 5.74) is 0. The lowest BCUT2D eigenvalue weighted by molar-refractivity contribution is -0.141. The van der Waals surface area contributed by atoms with E-state index in [0.717, 1.165) is 4.90 Å². The molecule has 0 bridgehead atoms. The summed E-state index contributed by atoms with van der Waals surface area (Å²) in [5.74, 6) is -1.08. The lowest BCUT2D eigenvalue weighted by Crippen LogP contribution is -2.39. The molecule has 2 atom stereocenters. The maximum Gasteiger partial charge on any atom is 0.408 e. The number of hydrogen-bond acceptors (Lipinski definition) is 3. The number of likely N-dealkylation sites (tertiary alicyclic amines) is 1. The molecule has 0 aromatic carbocycles. The molecule has 6 nitrogen and oxygen atoms in total. The standard InChI is InChI=1S/C7H12N2O4/c1-8-4-2-5(6(10)11)9(3-4)7(12)13/h4-5,8H,2-3H2,1H3,(H,10,11)(H,12,13)/t4-,5-/m0/s1. The van der Waals surface area contributed by atoms with E-state index in [1.807, 2.05) is 0 Å². The predicted octanol–water partition coefficient (Wildman–Crippen LogP) is -0.589. The van der Waals surface area contributed by atoms with Crippen LogP contribution in [0.5, 0.6) is 0 Å². The zero-order chi connectivity index (χ0) is 10.0. The van der Waals surface area contributed by atoms with Crippen molar-refractivity contribution in [2.45, 2.75) is 18.5 Å². The molecular formula is C7H12N2O4.